The Kier molecular flexibility index (Phi) is 6.06. The second kappa shape index (κ2) is 6.22. The summed E-state index contributed by atoms with van der Waals surface area (Å²) in [4.78, 5) is 12.4. The Balaban J connectivity index is 0.00000121. The molecule has 12 heavy (non-hydrogen) atoms. The molecule has 0 amide bonds. The van der Waals surface area contributed by atoms with Crippen LogP contribution in [0.15, 0.2) is 0 Å². The molecule has 0 aromatic heterocycles. The monoisotopic (exact) mass is 194 g/mol. The zero-order valence-corrected chi connectivity index (χ0v) is 7.77. The van der Waals surface area contributed by atoms with Crippen molar-refractivity contribution in [3.8, 4) is 0 Å². The van der Waals surface area contributed by atoms with Crippen LogP contribution in [0.5, 0.6) is 0 Å². The molecule has 4 nitrogen and oxygen atoms in total. The van der Waals surface area contributed by atoms with E-state index in [-0.39, 0.29) is 18.8 Å². The van der Waals surface area contributed by atoms with Crippen LogP contribution in [0, 0.1) is 0 Å². The van der Waals surface area contributed by atoms with E-state index in [1.165, 1.54) is 0 Å². The highest BCUT2D eigenvalue weighted by atomic mass is 35.5. The van der Waals surface area contributed by atoms with E-state index in [0.717, 1.165) is 26.2 Å². The Morgan fingerprint density at radius 1 is 1.42 bits per heavy atom. The predicted molar refractivity (Wildman–Crippen MR) is 48.8 cm³/mol. The Hall–Kier alpha value is -0.320. The number of piperazine rings is 1. The molecule has 0 unspecified atom stereocenters. The van der Waals surface area contributed by atoms with Crippen LogP contribution < -0.4 is 5.32 Å². The molecule has 0 aromatic carbocycles. The van der Waals surface area contributed by atoms with Gasteiger partial charge >= 0.3 is 5.97 Å². The molecule has 0 spiro atoms. The maximum atomic E-state index is 10.2. The standard InChI is InChI=1S/C7H14N2O2.ClH/c10-7(11)1-4-9-5-2-8-3-6-9;/h8H,1-6H2,(H,10,11);1H. The number of carbonyl (C=O) groups is 1. The topological polar surface area (TPSA) is 52.6 Å². The second-order valence-corrected chi connectivity index (χ2v) is 2.74. The minimum Gasteiger partial charge on any atom is -0.481 e. The fraction of sp³-hybridized carbons (Fsp3) is 0.857. The van der Waals surface area contributed by atoms with Gasteiger partial charge in [0.05, 0.1) is 6.42 Å². The number of halogens is 1. The molecular weight excluding hydrogens is 180 g/mol. The van der Waals surface area contributed by atoms with Crippen LogP contribution in [0.1, 0.15) is 6.42 Å². The van der Waals surface area contributed by atoms with E-state index >= 15 is 0 Å². The molecule has 72 valence electrons. The highest BCUT2D eigenvalue weighted by Crippen LogP contribution is 1.93. The Labute approximate surface area is 78.3 Å². The van der Waals surface area contributed by atoms with Crippen molar-refractivity contribution in [2.24, 2.45) is 0 Å². The summed E-state index contributed by atoms with van der Waals surface area (Å²) in [5, 5.41) is 11.6. The lowest BCUT2D eigenvalue weighted by atomic mass is 10.3. The summed E-state index contributed by atoms with van der Waals surface area (Å²) in [7, 11) is 0. The van der Waals surface area contributed by atoms with Crippen LogP contribution in [0.4, 0.5) is 0 Å². The van der Waals surface area contributed by atoms with Crippen LogP contribution in [-0.2, 0) is 4.79 Å². The third kappa shape index (κ3) is 4.54. The SMILES string of the molecule is Cl.O=C(O)CCN1CCNCC1. The summed E-state index contributed by atoms with van der Waals surface area (Å²) in [6.45, 7) is 4.62. The van der Waals surface area contributed by atoms with Crippen molar-refractivity contribution in [2.75, 3.05) is 32.7 Å². The molecule has 0 saturated carbocycles. The molecule has 0 aliphatic carbocycles. The second-order valence-electron chi connectivity index (χ2n) is 2.74. The number of carboxylic acids is 1. The minimum atomic E-state index is -0.705. The number of carboxylic acid groups (broad SMARTS) is 1. The van der Waals surface area contributed by atoms with E-state index in [2.05, 4.69) is 10.2 Å². The molecule has 2 N–H and O–H groups in total. The summed E-state index contributed by atoms with van der Waals surface area (Å²) in [5.74, 6) is -0.705. The molecule has 0 aromatic rings. The summed E-state index contributed by atoms with van der Waals surface area (Å²) in [6, 6.07) is 0. The Morgan fingerprint density at radius 3 is 2.50 bits per heavy atom. The quantitative estimate of drug-likeness (QED) is 0.653. The minimum absolute atomic E-state index is 0. The van der Waals surface area contributed by atoms with Gasteiger partial charge in [0, 0.05) is 32.7 Å². The maximum Gasteiger partial charge on any atom is 0.304 e. The first-order valence-electron chi connectivity index (χ1n) is 3.94. The molecule has 1 saturated heterocycles. The smallest absolute Gasteiger partial charge is 0.304 e. The van der Waals surface area contributed by atoms with Gasteiger partial charge in [0.2, 0.25) is 0 Å². The third-order valence-corrected chi connectivity index (χ3v) is 1.85. The highest BCUT2D eigenvalue weighted by molar-refractivity contribution is 5.85. The maximum absolute atomic E-state index is 10.2. The predicted octanol–water partition coefficient (Wildman–Crippen LogP) is -0.212. The van der Waals surface area contributed by atoms with Crippen LogP contribution in [0.3, 0.4) is 0 Å². The molecular formula is C7H15ClN2O2. The molecule has 0 radical (unpaired) electrons. The van der Waals surface area contributed by atoms with Crippen molar-refractivity contribution >= 4 is 18.4 Å². The van der Waals surface area contributed by atoms with Crippen molar-refractivity contribution in [3.05, 3.63) is 0 Å². The number of nitrogens with zero attached hydrogens (tertiary/aromatic N) is 1. The lowest BCUT2D eigenvalue weighted by molar-refractivity contribution is -0.137. The Bertz CT molecular complexity index is 137. The molecule has 5 heteroatoms. The van der Waals surface area contributed by atoms with Crippen LogP contribution >= 0.6 is 12.4 Å². The van der Waals surface area contributed by atoms with Crippen molar-refractivity contribution in [3.63, 3.8) is 0 Å². The van der Waals surface area contributed by atoms with E-state index < -0.39 is 5.97 Å². The molecule has 1 rings (SSSR count). The highest BCUT2D eigenvalue weighted by Gasteiger charge is 2.09. The first kappa shape index (κ1) is 11.7. The zero-order valence-electron chi connectivity index (χ0n) is 6.95. The van der Waals surface area contributed by atoms with Crippen molar-refractivity contribution in [1.82, 2.24) is 10.2 Å². The van der Waals surface area contributed by atoms with Gasteiger partial charge in [-0.05, 0) is 0 Å². The number of nitrogens with one attached hydrogen (secondary N) is 1. The van der Waals surface area contributed by atoms with E-state index in [1.54, 1.807) is 0 Å². The van der Waals surface area contributed by atoms with Gasteiger partial charge in [0.15, 0.2) is 0 Å². The number of rotatable bonds is 3. The van der Waals surface area contributed by atoms with Crippen molar-refractivity contribution in [1.29, 1.82) is 0 Å². The number of hydrogen-bond acceptors (Lipinski definition) is 3. The van der Waals surface area contributed by atoms with Crippen LogP contribution in [-0.4, -0.2) is 48.7 Å². The molecule has 1 aliphatic heterocycles. The molecule has 1 heterocycles. The van der Waals surface area contributed by atoms with Crippen LogP contribution in [0.2, 0.25) is 0 Å². The van der Waals surface area contributed by atoms with Gasteiger partial charge in [-0.3, -0.25) is 4.79 Å². The van der Waals surface area contributed by atoms with Crippen molar-refractivity contribution in [2.45, 2.75) is 6.42 Å². The molecule has 0 bridgehead atoms. The Morgan fingerprint density at radius 2 is 2.00 bits per heavy atom. The van der Waals surface area contributed by atoms with E-state index in [4.69, 9.17) is 5.11 Å². The first-order chi connectivity index (χ1) is 5.29. The normalized spacial score (nSPS) is 18.3. The van der Waals surface area contributed by atoms with E-state index in [0.29, 0.717) is 6.54 Å². The van der Waals surface area contributed by atoms with Gasteiger partial charge in [-0.1, -0.05) is 0 Å². The average molecular weight is 195 g/mol. The average Bonchev–Trinajstić information content (AvgIpc) is 2.03. The third-order valence-electron chi connectivity index (χ3n) is 1.85. The van der Waals surface area contributed by atoms with Gasteiger partial charge in [-0.15, -0.1) is 12.4 Å². The zero-order chi connectivity index (χ0) is 8.10. The lowest BCUT2D eigenvalue weighted by Gasteiger charge is -2.26. The fourth-order valence-corrected chi connectivity index (χ4v) is 1.19. The largest absolute Gasteiger partial charge is 0.481 e. The van der Waals surface area contributed by atoms with E-state index in [9.17, 15) is 4.79 Å². The molecule has 0 atom stereocenters. The van der Waals surface area contributed by atoms with Gasteiger partial charge in [-0.2, -0.15) is 0 Å². The summed E-state index contributed by atoms with van der Waals surface area (Å²) >= 11 is 0. The first-order valence-corrected chi connectivity index (χ1v) is 3.94. The van der Waals surface area contributed by atoms with Gasteiger partial charge in [0.1, 0.15) is 0 Å². The number of aliphatic carboxylic acids is 1. The molecule has 1 aliphatic rings. The van der Waals surface area contributed by atoms with E-state index in [1.807, 2.05) is 0 Å². The van der Waals surface area contributed by atoms with Crippen molar-refractivity contribution < 1.29 is 9.90 Å². The lowest BCUT2D eigenvalue weighted by Crippen LogP contribution is -2.44. The van der Waals surface area contributed by atoms with Gasteiger partial charge in [0.25, 0.3) is 0 Å². The van der Waals surface area contributed by atoms with Crippen LogP contribution in [0.25, 0.3) is 0 Å². The summed E-state index contributed by atoms with van der Waals surface area (Å²) in [5.41, 5.74) is 0. The summed E-state index contributed by atoms with van der Waals surface area (Å²) < 4.78 is 0. The molecule has 1 fully saturated rings. The van der Waals surface area contributed by atoms with Gasteiger partial charge < -0.3 is 15.3 Å². The number of hydrogen-bond donors (Lipinski definition) is 2. The summed E-state index contributed by atoms with van der Waals surface area (Å²) in [6.07, 6.45) is 0.264. The van der Waals surface area contributed by atoms with Gasteiger partial charge in [-0.25, -0.2) is 0 Å². The fourth-order valence-electron chi connectivity index (χ4n) is 1.19.